The number of hydrogen-bond acceptors (Lipinski definition) is 3. The number of fused-ring (bicyclic) bond motifs is 1. The van der Waals surface area contributed by atoms with Crippen molar-refractivity contribution in [1.29, 1.82) is 0 Å². The minimum absolute atomic E-state index is 0.0211. The minimum atomic E-state index is -0.845. The maximum absolute atomic E-state index is 11.2. The second-order valence-electron chi connectivity index (χ2n) is 6.66. The number of imidazole rings is 1. The summed E-state index contributed by atoms with van der Waals surface area (Å²) >= 11 is 6.37. The van der Waals surface area contributed by atoms with Crippen molar-refractivity contribution in [2.45, 2.75) is 12.8 Å². The van der Waals surface area contributed by atoms with Crippen LogP contribution in [0.5, 0.6) is 5.75 Å². The van der Waals surface area contributed by atoms with Crippen LogP contribution in [0, 0.1) is 0 Å². The molecule has 4 rings (SSSR count). The molecule has 0 spiro atoms. The number of pyridine rings is 1. The van der Waals surface area contributed by atoms with Crippen LogP contribution in [0.25, 0.3) is 28.0 Å². The number of nitrogens with zero attached hydrogens (tertiary/aromatic N) is 2. The van der Waals surface area contributed by atoms with E-state index in [-0.39, 0.29) is 6.42 Å². The van der Waals surface area contributed by atoms with Crippen molar-refractivity contribution in [2.24, 2.45) is 0 Å². The Morgan fingerprint density at radius 3 is 2.48 bits per heavy atom. The number of aliphatic carboxylic acids is 1. The zero-order valence-corrected chi connectivity index (χ0v) is 16.6. The summed E-state index contributed by atoms with van der Waals surface area (Å²) in [5, 5.41) is 9.88. The van der Waals surface area contributed by atoms with Crippen molar-refractivity contribution in [3.05, 3.63) is 77.6 Å². The predicted octanol–water partition coefficient (Wildman–Crippen LogP) is 5.35. The number of ether oxygens (including phenoxy) is 1. The van der Waals surface area contributed by atoms with E-state index >= 15 is 0 Å². The molecule has 4 aromatic rings. The summed E-state index contributed by atoms with van der Waals surface area (Å²) in [5.41, 5.74) is 5.14. The summed E-state index contributed by atoms with van der Waals surface area (Å²) < 4.78 is 7.19. The van der Waals surface area contributed by atoms with Crippen molar-refractivity contribution in [3.63, 3.8) is 0 Å². The normalized spacial score (nSPS) is 11.0. The van der Waals surface area contributed by atoms with E-state index in [1.54, 1.807) is 7.11 Å². The first kappa shape index (κ1) is 19.0. The van der Waals surface area contributed by atoms with Gasteiger partial charge < -0.3 is 14.2 Å². The van der Waals surface area contributed by atoms with Crippen molar-refractivity contribution in [2.75, 3.05) is 7.11 Å². The lowest BCUT2D eigenvalue weighted by Gasteiger charge is -2.08. The standard InChI is InChI=1S/C23H19ClN2O3/c1-29-17-9-6-15(7-10-17)23-20(11-13-22(27)28)26-14-16(8-12-21(26)25-23)18-4-2-3-5-19(18)24/h2-10,12,14H,11,13H2,1H3,(H,27,28). The second kappa shape index (κ2) is 7.97. The van der Waals surface area contributed by atoms with Crippen LogP contribution in [0.3, 0.4) is 0 Å². The molecule has 146 valence electrons. The van der Waals surface area contributed by atoms with E-state index in [9.17, 15) is 9.90 Å². The molecule has 6 heteroatoms. The molecule has 0 bridgehead atoms. The van der Waals surface area contributed by atoms with Crippen LogP contribution in [-0.4, -0.2) is 27.6 Å². The minimum Gasteiger partial charge on any atom is -0.497 e. The van der Waals surface area contributed by atoms with Gasteiger partial charge in [0.15, 0.2) is 0 Å². The highest BCUT2D eigenvalue weighted by molar-refractivity contribution is 6.33. The van der Waals surface area contributed by atoms with E-state index in [1.807, 2.05) is 71.3 Å². The summed E-state index contributed by atoms with van der Waals surface area (Å²) in [6.45, 7) is 0. The lowest BCUT2D eigenvalue weighted by atomic mass is 10.1. The number of carbonyl (C=O) groups is 1. The van der Waals surface area contributed by atoms with Gasteiger partial charge in [0.2, 0.25) is 0 Å². The van der Waals surface area contributed by atoms with E-state index in [2.05, 4.69) is 0 Å². The Morgan fingerprint density at radius 1 is 1.07 bits per heavy atom. The van der Waals surface area contributed by atoms with E-state index < -0.39 is 5.97 Å². The summed E-state index contributed by atoms with van der Waals surface area (Å²) in [5.74, 6) is -0.0894. The van der Waals surface area contributed by atoms with Crippen LogP contribution in [0.2, 0.25) is 5.02 Å². The van der Waals surface area contributed by atoms with Gasteiger partial charge in [0.1, 0.15) is 11.4 Å². The highest BCUT2D eigenvalue weighted by Gasteiger charge is 2.16. The van der Waals surface area contributed by atoms with E-state index in [0.29, 0.717) is 11.4 Å². The van der Waals surface area contributed by atoms with Crippen LogP contribution < -0.4 is 4.74 Å². The lowest BCUT2D eigenvalue weighted by molar-refractivity contribution is -0.136. The van der Waals surface area contributed by atoms with Gasteiger partial charge in [-0.25, -0.2) is 4.98 Å². The van der Waals surface area contributed by atoms with Gasteiger partial charge in [0.25, 0.3) is 0 Å². The molecule has 0 atom stereocenters. The second-order valence-corrected chi connectivity index (χ2v) is 7.06. The van der Waals surface area contributed by atoms with Gasteiger partial charge in [-0.2, -0.15) is 0 Å². The van der Waals surface area contributed by atoms with Gasteiger partial charge >= 0.3 is 5.97 Å². The van der Waals surface area contributed by atoms with E-state index in [0.717, 1.165) is 39.5 Å². The third kappa shape index (κ3) is 3.82. The first-order valence-corrected chi connectivity index (χ1v) is 9.56. The van der Waals surface area contributed by atoms with Gasteiger partial charge in [0, 0.05) is 28.8 Å². The van der Waals surface area contributed by atoms with Gasteiger partial charge in [-0.3, -0.25) is 4.79 Å². The first-order chi connectivity index (χ1) is 14.1. The Morgan fingerprint density at radius 2 is 1.79 bits per heavy atom. The maximum Gasteiger partial charge on any atom is 0.303 e. The lowest BCUT2D eigenvalue weighted by Crippen LogP contribution is -2.02. The topological polar surface area (TPSA) is 63.8 Å². The number of carboxylic acids is 1. The first-order valence-electron chi connectivity index (χ1n) is 9.19. The number of halogens is 1. The van der Waals surface area contributed by atoms with Gasteiger partial charge in [-0.15, -0.1) is 0 Å². The molecule has 1 N–H and O–H groups in total. The largest absolute Gasteiger partial charge is 0.497 e. The van der Waals surface area contributed by atoms with Crippen LogP contribution in [0.1, 0.15) is 12.1 Å². The fraction of sp³-hybridized carbons (Fsp3) is 0.130. The molecule has 0 aliphatic carbocycles. The highest BCUT2D eigenvalue weighted by Crippen LogP contribution is 2.31. The Balaban J connectivity index is 1.87. The number of carboxylic acid groups (broad SMARTS) is 1. The van der Waals surface area contributed by atoms with Crippen LogP contribution >= 0.6 is 11.6 Å². The van der Waals surface area contributed by atoms with Crippen LogP contribution in [-0.2, 0) is 11.2 Å². The SMILES string of the molecule is COc1ccc(-c2nc3ccc(-c4ccccc4Cl)cn3c2CCC(=O)O)cc1. The number of aryl methyl sites for hydroxylation is 1. The molecule has 2 heterocycles. The highest BCUT2D eigenvalue weighted by atomic mass is 35.5. The molecule has 0 fully saturated rings. The Labute approximate surface area is 173 Å². The van der Waals surface area contributed by atoms with Gasteiger partial charge in [-0.05, 0) is 48.0 Å². The van der Waals surface area contributed by atoms with Crippen molar-refractivity contribution < 1.29 is 14.6 Å². The van der Waals surface area contributed by atoms with E-state index in [4.69, 9.17) is 21.3 Å². The average Bonchev–Trinajstić information content (AvgIpc) is 3.10. The molecule has 2 aromatic carbocycles. The third-order valence-electron chi connectivity index (χ3n) is 4.84. The van der Waals surface area contributed by atoms with E-state index in [1.165, 1.54) is 0 Å². The van der Waals surface area contributed by atoms with Crippen molar-refractivity contribution in [1.82, 2.24) is 9.38 Å². The van der Waals surface area contributed by atoms with Crippen LogP contribution in [0.15, 0.2) is 66.9 Å². The zero-order chi connectivity index (χ0) is 20.4. The Kier molecular flexibility index (Phi) is 5.23. The fourth-order valence-corrected chi connectivity index (χ4v) is 3.64. The molecular weight excluding hydrogens is 388 g/mol. The van der Waals surface area contributed by atoms with Gasteiger partial charge in [-0.1, -0.05) is 29.8 Å². The molecule has 0 saturated carbocycles. The number of hydrogen-bond donors (Lipinski definition) is 1. The number of methoxy groups -OCH3 is 1. The molecule has 0 amide bonds. The average molecular weight is 407 g/mol. The van der Waals surface area contributed by atoms with Crippen molar-refractivity contribution >= 4 is 23.2 Å². The predicted molar refractivity (Wildman–Crippen MR) is 114 cm³/mol. The van der Waals surface area contributed by atoms with Gasteiger partial charge in [0.05, 0.1) is 24.9 Å². The quantitative estimate of drug-likeness (QED) is 0.469. The molecule has 0 aliphatic rings. The molecule has 0 unspecified atom stereocenters. The number of rotatable bonds is 6. The summed E-state index contributed by atoms with van der Waals surface area (Å²) in [6, 6.07) is 19.1. The molecular formula is C23H19ClN2O3. The molecule has 0 saturated heterocycles. The number of benzene rings is 2. The summed E-state index contributed by atoms with van der Waals surface area (Å²) in [6.07, 6.45) is 2.35. The number of aromatic nitrogens is 2. The third-order valence-corrected chi connectivity index (χ3v) is 5.17. The Bertz CT molecular complexity index is 1180. The fourth-order valence-electron chi connectivity index (χ4n) is 3.39. The molecule has 0 aliphatic heterocycles. The Hall–Kier alpha value is -3.31. The molecule has 0 radical (unpaired) electrons. The smallest absolute Gasteiger partial charge is 0.303 e. The molecule has 5 nitrogen and oxygen atoms in total. The summed E-state index contributed by atoms with van der Waals surface area (Å²) in [7, 11) is 1.62. The van der Waals surface area contributed by atoms with Crippen molar-refractivity contribution in [3.8, 4) is 28.1 Å². The molecule has 29 heavy (non-hydrogen) atoms. The zero-order valence-electron chi connectivity index (χ0n) is 15.8. The maximum atomic E-state index is 11.2. The summed E-state index contributed by atoms with van der Waals surface area (Å²) in [4.78, 5) is 16.0. The molecule has 2 aromatic heterocycles. The van der Waals surface area contributed by atoms with Crippen LogP contribution in [0.4, 0.5) is 0 Å². The monoisotopic (exact) mass is 406 g/mol.